The van der Waals surface area contributed by atoms with Crippen molar-refractivity contribution in [3.05, 3.63) is 35.2 Å². The lowest BCUT2D eigenvalue weighted by molar-refractivity contribution is 0.196. The molecular formula is C11H12OS. The van der Waals surface area contributed by atoms with Gasteiger partial charge in [0.25, 0.3) is 0 Å². The van der Waals surface area contributed by atoms with Crippen molar-refractivity contribution in [2.45, 2.75) is 19.4 Å². The number of aliphatic hydroxyl groups is 1. The molecule has 0 aliphatic heterocycles. The monoisotopic (exact) mass is 192 g/mol. The Labute approximate surface area is 81.6 Å². The van der Waals surface area contributed by atoms with E-state index in [4.69, 9.17) is 0 Å². The highest BCUT2D eigenvalue weighted by atomic mass is 32.1. The van der Waals surface area contributed by atoms with E-state index < -0.39 is 0 Å². The molecule has 0 fully saturated rings. The molecule has 2 aromatic rings. The number of hydrogen-bond donors (Lipinski definition) is 1. The molecule has 1 atom stereocenters. The molecule has 1 aromatic heterocycles. The van der Waals surface area contributed by atoms with Crippen LogP contribution in [-0.4, -0.2) is 11.2 Å². The highest BCUT2D eigenvalue weighted by molar-refractivity contribution is 7.17. The van der Waals surface area contributed by atoms with Gasteiger partial charge in [0.05, 0.1) is 6.10 Å². The third-order valence-electron chi connectivity index (χ3n) is 2.08. The highest BCUT2D eigenvalue weighted by Crippen LogP contribution is 2.26. The van der Waals surface area contributed by atoms with Crippen molar-refractivity contribution < 1.29 is 5.11 Å². The summed E-state index contributed by atoms with van der Waals surface area (Å²) in [6, 6.07) is 8.32. The zero-order valence-electron chi connectivity index (χ0n) is 7.53. The second-order valence-corrected chi connectivity index (χ2v) is 4.22. The summed E-state index contributed by atoms with van der Waals surface area (Å²) in [4.78, 5) is 0. The van der Waals surface area contributed by atoms with Crippen molar-refractivity contribution in [3.8, 4) is 0 Å². The summed E-state index contributed by atoms with van der Waals surface area (Å²) in [6.45, 7) is 1.83. The molecule has 0 unspecified atom stereocenters. The average Bonchev–Trinajstić information content (AvgIpc) is 2.48. The number of hydrogen-bond acceptors (Lipinski definition) is 2. The molecule has 0 radical (unpaired) electrons. The maximum atomic E-state index is 9.29. The number of rotatable bonds is 2. The van der Waals surface area contributed by atoms with Crippen LogP contribution >= 0.6 is 11.3 Å². The largest absolute Gasteiger partial charge is 0.393 e. The number of aliphatic hydroxyl groups excluding tert-OH is 1. The molecule has 2 rings (SSSR count). The Balaban J connectivity index is 2.46. The van der Waals surface area contributed by atoms with Crippen molar-refractivity contribution in [2.24, 2.45) is 0 Å². The molecule has 0 spiro atoms. The summed E-state index contributed by atoms with van der Waals surface area (Å²) in [5.41, 5.74) is 1.26. The lowest BCUT2D eigenvalue weighted by Gasteiger charge is -2.01. The van der Waals surface area contributed by atoms with E-state index in [2.05, 4.69) is 17.5 Å². The zero-order valence-corrected chi connectivity index (χ0v) is 8.34. The maximum absolute atomic E-state index is 9.29. The van der Waals surface area contributed by atoms with Gasteiger partial charge in [-0.25, -0.2) is 0 Å². The summed E-state index contributed by atoms with van der Waals surface area (Å²) < 4.78 is 1.30. The molecule has 0 aliphatic carbocycles. The fraction of sp³-hybridized carbons (Fsp3) is 0.273. The highest BCUT2D eigenvalue weighted by Gasteiger charge is 2.05. The van der Waals surface area contributed by atoms with Crippen LogP contribution in [0.3, 0.4) is 0 Å². The SMILES string of the molecule is C[C@@H](O)Cc1csc2ccccc12. The van der Waals surface area contributed by atoms with E-state index in [0.717, 1.165) is 6.42 Å². The summed E-state index contributed by atoms with van der Waals surface area (Å²) >= 11 is 1.74. The predicted octanol–water partition coefficient (Wildman–Crippen LogP) is 2.82. The number of thiophene rings is 1. The minimum absolute atomic E-state index is 0.252. The molecule has 68 valence electrons. The molecule has 1 N–H and O–H groups in total. The predicted molar refractivity (Wildman–Crippen MR) is 57.2 cm³/mol. The second kappa shape index (κ2) is 3.48. The van der Waals surface area contributed by atoms with Gasteiger partial charge >= 0.3 is 0 Å². The van der Waals surface area contributed by atoms with Gasteiger partial charge in [-0.1, -0.05) is 18.2 Å². The molecule has 0 saturated carbocycles. The molecule has 1 aromatic carbocycles. The van der Waals surface area contributed by atoms with E-state index in [1.165, 1.54) is 15.6 Å². The van der Waals surface area contributed by atoms with Gasteiger partial charge < -0.3 is 5.11 Å². The summed E-state index contributed by atoms with van der Waals surface area (Å²) in [7, 11) is 0. The molecule has 0 bridgehead atoms. The van der Waals surface area contributed by atoms with E-state index in [-0.39, 0.29) is 6.10 Å². The van der Waals surface area contributed by atoms with Crippen molar-refractivity contribution in [2.75, 3.05) is 0 Å². The molecule has 0 aliphatic rings. The van der Waals surface area contributed by atoms with Gasteiger partial charge in [0.2, 0.25) is 0 Å². The van der Waals surface area contributed by atoms with Crippen LogP contribution in [0.15, 0.2) is 29.6 Å². The van der Waals surface area contributed by atoms with Gasteiger partial charge in [-0.05, 0) is 35.7 Å². The van der Waals surface area contributed by atoms with Gasteiger partial charge in [-0.2, -0.15) is 0 Å². The smallest absolute Gasteiger partial charge is 0.0552 e. The first-order valence-electron chi connectivity index (χ1n) is 4.40. The maximum Gasteiger partial charge on any atom is 0.0552 e. The minimum Gasteiger partial charge on any atom is -0.393 e. The lowest BCUT2D eigenvalue weighted by atomic mass is 10.1. The van der Waals surface area contributed by atoms with Gasteiger partial charge in [-0.3, -0.25) is 0 Å². The number of fused-ring (bicyclic) bond motifs is 1. The van der Waals surface area contributed by atoms with E-state index in [1.807, 2.05) is 19.1 Å². The Morgan fingerprint density at radius 3 is 2.92 bits per heavy atom. The fourth-order valence-electron chi connectivity index (χ4n) is 1.51. The molecule has 13 heavy (non-hydrogen) atoms. The quantitative estimate of drug-likeness (QED) is 0.775. The van der Waals surface area contributed by atoms with Gasteiger partial charge in [0, 0.05) is 4.70 Å². The first-order chi connectivity index (χ1) is 6.27. The first-order valence-corrected chi connectivity index (χ1v) is 5.28. The van der Waals surface area contributed by atoms with E-state index in [9.17, 15) is 5.11 Å². The van der Waals surface area contributed by atoms with Crippen molar-refractivity contribution in [3.63, 3.8) is 0 Å². The molecule has 0 amide bonds. The first kappa shape index (κ1) is 8.73. The molecular weight excluding hydrogens is 180 g/mol. The fourth-order valence-corrected chi connectivity index (χ4v) is 2.48. The van der Waals surface area contributed by atoms with Crippen LogP contribution in [0.25, 0.3) is 10.1 Å². The van der Waals surface area contributed by atoms with Crippen LogP contribution in [0, 0.1) is 0 Å². The van der Waals surface area contributed by atoms with Crippen molar-refractivity contribution in [1.82, 2.24) is 0 Å². The van der Waals surface area contributed by atoms with Crippen LogP contribution in [-0.2, 0) is 6.42 Å². The minimum atomic E-state index is -0.252. The Morgan fingerprint density at radius 2 is 2.15 bits per heavy atom. The summed E-state index contributed by atoms with van der Waals surface area (Å²) in [5.74, 6) is 0. The lowest BCUT2D eigenvalue weighted by Crippen LogP contribution is -2.02. The molecule has 0 saturated heterocycles. The van der Waals surface area contributed by atoms with E-state index in [0.29, 0.717) is 0 Å². The molecule has 1 nitrogen and oxygen atoms in total. The molecule has 2 heteroatoms. The summed E-state index contributed by atoms with van der Waals surface area (Å²) in [6.07, 6.45) is 0.502. The van der Waals surface area contributed by atoms with Gasteiger partial charge in [-0.15, -0.1) is 11.3 Å². The normalized spacial score (nSPS) is 13.4. The van der Waals surface area contributed by atoms with Crippen molar-refractivity contribution in [1.29, 1.82) is 0 Å². The van der Waals surface area contributed by atoms with E-state index in [1.54, 1.807) is 11.3 Å². The summed E-state index contributed by atoms with van der Waals surface area (Å²) in [5, 5.41) is 12.7. The standard InChI is InChI=1S/C11H12OS/c1-8(12)6-9-7-13-11-5-3-2-4-10(9)11/h2-5,7-8,12H,6H2,1H3/t8-/m1/s1. The van der Waals surface area contributed by atoms with E-state index >= 15 is 0 Å². The van der Waals surface area contributed by atoms with Crippen molar-refractivity contribution >= 4 is 21.4 Å². The Morgan fingerprint density at radius 1 is 1.38 bits per heavy atom. The molecule has 1 heterocycles. The Hall–Kier alpha value is -0.860. The van der Waals surface area contributed by atoms with Gasteiger partial charge in [0.15, 0.2) is 0 Å². The van der Waals surface area contributed by atoms with Gasteiger partial charge in [0.1, 0.15) is 0 Å². The van der Waals surface area contributed by atoms with Crippen LogP contribution < -0.4 is 0 Å². The third kappa shape index (κ3) is 1.74. The van der Waals surface area contributed by atoms with Crippen LogP contribution in [0.5, 0.6) is 0 Å². The Kier molecular flexibility index (Phi) is 2.34. The zero-order chi connectivity index (χ0) is 9.26. The Bertz CT molecular complexity index is 403. The average molecular weight is 192 g/mol. The van der Waals surface area contributed by atoms with Crippen LogP contribution in [0.4, 0.5) is 0 Å². The van der Waals surface area contributed by atoms with Crippen LogP contribution in [0.1, 0.15) is 12.5 Å². The second-order valence-electron chi connectivity index (χ2n) is 3.31. The topological polar surface area (TPSA) is 20.2 Å². The van der Waals surface area contributed by atoms with Crippen LogP contribution in [0.2, 0.25) is 0 Å². The third-order valence-corrected chi connectivity index (χ3v) is 3.09. The number of benzene rings is 1.